The molecule has 0 aliphatic rings. The van der Waals surface area contributed by atoms with Crippen LogP contribution in [0.15, 0.2) is 57.7 Å². The Hall–Kier alpha value is -3.12. The molecule has 0 spiro atoms. The highest BCUT2D eigenvalue weighted by Crippen LogP contribution is 2.21. The van der Waals surface area contributed by atoms with Gasteiger partial charge in [-0.25, -0.2) is 4.79 Å². The minimum atomic E-state index is -0.746. The number of phenols is 1. The molecular formula is C19H18N2O4. The molecule has 128 valence electrons. The van der Waals surface area contributed by atoms with Crippen LogP contribution in [0.25, 0.3) is 11.0 Å². The number of benzene rings is 2. The van der Waals surface area contributed by atoms with Gasteiger partial charge in [-0.15, -0.1) is 0 Å². The number of carbonyl (C=O) groups excluding carboxylic acids is 1. The average molecular weight is 338 g/mol. The Kier molecular flexibility index (Phi) is 4.54. The van der Waals surface area contributed by atoms with E-state index in [1.165, 1.54) is 6.07 Å². The molecule has 6 nitrogen and oxygen atoms in total. The Balaban J connectivity index is 1.74. The molecule has 3 rings (SSSR count). The predicted octanol–water partition coefficient (Wildman–Crippen LogP) is 2.32. The van der Waals surface area contributed by atoms with E-state index in [2.05, 4.69) is 5.32 Å². The Morgan fingerprint density at radius 1 is 1.20 bits per heavy atom. The summed E-state index contributed by atoms with van der Waals surface area (Å²) in [4.78, 5) is 23.8. The van der Waals surface area contributed by atoms with E-state index in [9.17, 15) is 14.7 Å². The molecule has 1 atom stereocenters. The van der Waals surface area contributed by atoms with Crippen LogP contribution in [0.3, 0.4) is 0 Å². The number of carbonyl (C=O) groups is 1. The van der Waals surface area contributed by atoms with Crippen LogP contribution in [0.2, 0.25) is 0 Å². The minimum absolute atomic E-state index is 0.162. The number of rotatable bonds is 4. The lowest BCUT2D eigenvalue weighted by Gasteiger charge is -2.13. The van der Waals surface area contributed by atoms with E-state index in [-0.39, 0.29) is 11.7 Å². The van der Waals surface area contributed by atoms with Crippen molar-refractivity contribution in [3.63, 3.8) is 0 Å². The number of nitrogens with one attached hydrogen (secondary N) is 1. The second-order valence-corrected chi connectivity index (χ2v) is 5.93. The molecule has 3 aromatic rings. The van der Waals surface area contributed by atoms with Gasteiger partial charge in [0.05, 0.1) is 6.04 Å². The third-order valence-electron chi connectivity index (χ3n) is 3.95. The van der Waals surface area contributed by atoms with Crippen molar-refractivity contribution >= 4 is 22.6 Å². The minimum Gasteiger partial charge on any atom is -0.508 e. The number of hydrogen-bond donors (Lipinski definition) is 3. The monoisotopic (exact) mass is 338 g/mol. The summed E-state index contributed by atoms with van der Waals surface area (Å²) < 4.78 is 5.17. The van der Waals surface area contributed by atoms with Crippen molar-refractivity contribution in [2.24, 2.45) is 5.73 Å². The largest absolute Gasteiger partial charge is 0.508 e. The molecule has 0 aliphatic heterocycles. The van der Waals surface area contributed by atoms with E-state index >= 15 is 0 Å². The first kappa shape index (κ1) is 16.7. The van der Waals surface area contributed by atoms with Gasteiger partial charge < -0.3 is 20.6 Å². The van der Waals surface area contributed by atoms with Gasteiger partial charge in [-0.3, -0.25) is 4.79 Å². The van der Waals surface area contributed by atoms with Crippen LogP contribution in [0.4, 0.5) is 5.69 Å². The first-order valence-electron chi connectivity index (χ1n) is 7.81. The number of phenolic OH excluding ortho intramolecular Hbond substituents is 1. The zero-order valence-electron chi connectivity index (χ0n) is 13.7. The number of aromatic hydroxyl groups is 1. The lowest BCUT2D eigenvalue weighted by atomic mass is 10.1. The average Bonchev–Trinajstić information content (AvgIpc) is 2.56. The molecule has 6 heteroatoms. The summed E-state index contributed by atoms with van der Waals surface area (Å²) in [6.07, 6.45) is 0.341. The van der Waals surface area contributed by atoms with Gasteiger partial charge in [-0.1, -0.05) is 12.1 Å². The highest BCUT2D eigenvalue weighted by Gasteiger charge is 2.15. The summed E-state index contributed by atoms with van der Waals surface area (Å²) in [6.45, 7) is 1.82. The molecule has 1 aromatic heterocycles. The topological polar surface area (TPSA) is 106 Å². The molecule has 1 unspecified atom stereocenters. The molecule has 0 saturated carbocycles. The SMILES string of the molecule is Cc1cc(=O)oc2cc(NC(=O)C(N)Cc3ccc(O)cc3)ccc12. The van der Waals surface area contributed by atoms with Gasteiger partial charge >= 0.3 is 5.63 Å². The molecule has 2 aromatic carbocycles. The predicted molar refractivity (Wildman–Crippen MR) is 95.6 cm³/mol. The zero-order valence-corrected chi connectivity index (χ0v) is 13.7. The van der Waals surface area contributed by atoms with E-state index in [4.69, 9.17) is 10.2 Å². The third kappa shape index (κ3) is 3.87. The van der Waals surface area contributed by atoms with Gasteiger partial charge in [0.15, 0.2) is 0 Å². The third-order valence-corrected chi connectivity index (χ3v) is 3.95. The fraction of sp³-hybridized carbons (Fsp3) is 0.158. The van der Waals surface area contributed by atoms with Gasteiger partial charge in [0, 0.05) is 23.2 Å². The fourth-order valence-electron chi connectivity index (χ4n) is 2.62. The van der Waals surface area contributed by atoms with E-state index in [0.717, 1.165) is 16.5 Å². The standard InChI is InChI=1S/C19H18N2O4/c1-11-8-18(23)25-17-10-13(4-7-15(11)17)21-19(24)16(20)9-12-2-5-14(22)6-3-12/h2-8,10,16,22H,9,20H2,1H3,(H,21,24). The molecular weight excluding hydrogens is 320 g/mol. The van der Waals surface area contributed by atoms with E-state index in [1.54, 1.807) is 42.5 Å². The van der Waals surface area contributed by atoms with Crippen molar-refractivity contribution in [2.45, 2.75) is 19.4 Å². The maximum Gasteiger partial charge on any atom is 0.336 e. The molecule has 25 heavy (non-hydrogen) atoms. The number of amides is 1. The molecule has 0 fully saturated rings. The smallest absolute Gasteiger partial charge is 0.336 e. The Morgan fingerprint density at radius 3 is 2.64 bits per heavy atom. The first-order chi connectivity index (χ1) is 11.9. The summed E-state index contributed by atoms with van der Waals surface area (Å²) in [5, 5.41) is 12.8. The Labute approximate surface area is 143 Å². The second-order valence-electron chi connectivity index (χ2n) is 5.93. The molecule has 0 saturated heterocycles. The maximum absolute atomic E-state index is 12.3. The van der Waals surface area contributed by atoms with E-state index < -0.39 is 11.7 Å². The van der Waals surface area contributed by atoms with Crippen molar-refractivity contribution in [2.75, 3.05) is 5.32 Å². The zero-order chi connectivity index (χ0) is 18.0. The van der Waals surface area contributed by atoms with Gasteiger partial charge in [0.25, 0.3) is 0 Å². The van der Waals surface area contributed by atoms with Crippen LogP contribution in [0, 0.1) is 6.92 Å². The van der Waals surface area contributed by atoms with Crippen LogP contribution < -0.4 is 16.7 Å². The summed E-state index contributed by atoms with van der Waals surface area (Å²) in [5.74, 6) is -0.183. The van der Waals surface area contributed by atoms with Crippen molar-refractivity contribution in [1.29, 1.82) is 0 Å². The highest BCUT2D eigenvalue weighted by atomic mass is 16.4. The number of hydrogen-bond acceptors (Lipinski definition) is 5. The van der Waals surface area contributed by atoms with Crippen molar-refractivity contribution in [3.8, 4) is 5.75 Å². The van der Waals surface area contributed by atoms with Gasteiger partial charge in [-0.2, -0.15) is 0 Å². The van der Waals surface area contributed by atoms with Crippen LogP contribution in [0.5, 0.6) is 5.75 Å². The lowest BCUT2D eigenvalue weighted by molar-refractivity contribution is -0.117. The normalized spacial score (nSPS) is 12.1. The molecule has 0 aliphatic carbocycles. The molecule has 4 N–H and O–H groups in total. The number of nitrogens with two attached hydrogens (primary N) is 1. The van der Waals surface area contributed by atoms with Crippen LogP contribution >= 0.6 is 0 Å². The number of fused-ring (bicyclic) bond motifs is 1. The molecule has 1 heterocycles. The second kappa shape index (κ2) is 6.78. The maximum atomic E-state index is 12.3. The Bertz CT molecular complexity index is 977. The molecule has 0 radical (unpaired) electrons. The molecule has 1 amide bonds. The lowest BCUT2D eigenvalue weighted by Crippen LogP contribution is -2.37. The Morgan fingerprint density at radius 2 is 1.92 bits per heavy atom. The number of anilines is 1. The summed E-state index contributed by atoms with van der Waals surface area (Å²) >= 11 is 0. The summed E-state index contributed by atoms with van der Waals surface area (Å²) in [5.41, 5.74) is 8.09. The molecule has 0 bridgehead atoms. The van der Waals surface area contributed by atoms with Crippen molar-refractivity contribution in [1.82, 2.24) is 0 Å². The fourth-order valence-corrected chi connectivity index (χ4v) is 2.62. The number of aryl methyl sites for hydroxylation is 1. The van der Waals surface area contributed by atoms with Gasteiger partial charge in [0.2, 0.25) is 5.91 Å². The van der Waals surface area contributed by atoms with Crippen molar-refractivity contribution in [3.05, 3.63) is 70.1 Å². The van der Waals surface area contributed by atoms with Crippen LogP contribution in [-0.4, -0.2) is 17.1 Å². The first-order valence-corrected chi connectivity index (χ1v) is 7.81. The quantitative estimate of drug-likeness (QED) is 0.633. The summed E-state index contributed by atoms with van der Waals surface area (Å²) in [6, 6.07) is 12.3. The van der Waals surface area contributed by atoms with E-state index in [1.807, 2.05) is 6.92 Å². The van der Waals surface area contributed by atoms with Gasteiger partial charge in [0.1, 0.15) is 11.3 Å². The summed E-state index contributed by atoms with van der Waals surface area (Å²) in [7, 11) is 0. The highest BCUT2D eigenvalue weighted by molar-refractivity contribution is 5.96. The van der Waals surface area contributed by atoms with E-state index in [0.29, 0.717) is 17.7 Å². The van der Waals surface area contributed by atoms with Gasteiger partial charge in [-0.05, 0) is 48.7 Å². The van der Waals surface area contributed by atoms with Crippen molar-refractivity contribution < 1.29 is 14.3 Å². The van der Waals surface area contributed by atoms with Crippen LogP contribution in [0.1, 0.15) is 11.1 Å². The van der Waals surface area contributed by atoms with Crippen LogP contribution in [-0.2, 0) is 11.2 Å².